The van der Waals surface area contributed by atoms with Gasteiger partial charge < -0.3 is 14.6 Å². The van der Waals surface area contributed by atoms with Gasteiger partial charge in [-0.05, 0) is 18.2 Å². The maximum Gasteiger partial charge on any atom is 0.460 e. The van der Waals surface area contributed by atoms with E-state index in [9.17, 15) is 40.3 Å². The standard InChI is InChI=1S/C12H7F7O5/c1-23-6-3-2-5(8(20)21)4-7(6)24-9(22)10(13,14)11(15,16)12(17,18)19/h2-4H,1H3,(H,20,21). The number of hydrogen-bond acceptors (Lipinski definition) is 4. The topological polar surface area (TPSA) is 72.8 Å². The van der Waals surface area contributed by atoms with Gasteiger partial charge >= 0.3 is 30.0 Å². The molecule has 0 bridgehead atoms. The predicted molar refractivity (Wildman–Crippen MR) is 61.5 cm³/mol. The van der Waals surface area contributed by atoms with E-state index < -0.39 is 47.0 Å². The van der Waals surface area contributed by atoms with Gasteiger partial charge in [0.15, 0.2) is 11.5 Å². The highest BCUT2D eigenvalue weighted by molar-refractivity contribution is 5.89. The predicted octanol–water partition coefficient (Wildman–Crippen LogP) is 3.13. The van der Waals surface area contributed by atoms with Gasteiger partial charge in [0.2, 0.25) is 0 Å². The van der Waals surface area contributed by atoms with Crippen LogP contribution in [0.4, 0.5) is 30.7 Å². The van der Waals surface area contributed by atoms with E-state index in [2.05, 4.69) is 9.47 Å². The number of rotatable bonds is 5. The minimum atomic E-state index is -6.72. The molecule has 0 radical (unpaired) electrons. The minimum Gasteiger partial charge on any atom is -0.493 e. The van der Waals surface area contributed by atoms with Gasteiger partial charge in [-0.2, -0.15) is 30.7 Å². The zero-order valence-corrected chi connectivity index (χ0v) is 11.5. The summed E-state index contributed by atoms with van der Waals surface area (Å²) in [6.45, 7) is 0. The number of carboxylic acids is 1. The number of carboxylic acid groups (broad SMARTS) is 1. The summed E-state index contributed by atoms with van der Waals surface area (Å²) < 4.78 is 96.2. The molecule has 0 fully saturated rings. The van der Waals surface area contributed by atoms with Crippen molar-refractivity contribution in [2.45, 2.75) is 18.0 Å². The first-order chi connectivity index (χ1) is 10.8. The molecule has 0 aromatic heterocycles. The van der Waals surface area contributed by atoms with Gasteiger partial charge in [0, 0.05) is 0 Å². The molecule has 1 aromatic rings. The summed E-state index contributed by atoms with van der Waals surface area (Å²) in [5, 5.41) is 8.70. The number of carbonyl (C=O) groups is 2. The SMILES string of the molecule is COc1ccc(C(=O)O)cc1OC(=O)C(F)(F)C(F)(F)C(F)(F)F. The summed E-state index contributed by atoms with van der Waals surface area (Å²) in [6, 6.07) is 2.16. The molecule has 0 spiro atoms. The molecule has 0 saturated heterocycles. The van der Waals surface area contributed by atoms with Gasteiger partial charge in [-0.25, -0.2) is 9.59 Å². The molecule has 0 aliphatic carbocycles. The van der Waals surface area contributed by atoms with E-state index in [1.54, 1.807) is 0 Å². The molecule has 1 N–H and O–H groups in total. The number of alkyl halides is 7. The number of esters is 1. The molecular formula is C12H7F7O5. The maximum atomic E-state index is 13.2. The Labute approximate surface area is 128 Å². The number of hydrogen-bond donors (Lipinski definition) is 1. The highest BCUT2D eigenvalue weighted by atomic mass is 19.4. The Bertz CT molecular complexity index is 654. The number of aromatic carboxylic acids is 1. The molecule has 24 heavy (non-hydrogen) atoms. The third-order valence-corrected chi connectivity index (χ3v) is 2.62. The number of methoxy groups -OCH3 is 1. The molecule has 1 aromatic carbocycles. The van der Waals surface area contributed by atoms with Crippen LogP contribution in [0.2, 0.25) is 0 Å². The Kier molecular flexibility index (Phi) is 5.02. The van der Waals surface area contributed by atoms with E-state index in [4.69, 9.17) is 5.11 Å². The van der Waals surface area contributed by atoms with Crippen LogP contribution in [0.3, 0.4) is 0 Å². The Hall–Kier alpha value is -2.53. The lowest BCUT2D eigenvalue weighted by Gasteiger charge is -2.26. The molecule has 5 nitrogen and oxygen atoms in total. The molecule has 134 valence electrons. The number of ether oxygens (including phenoxy) is 2. The Balaban J connectivity index is 3.23. The van der Waals surface area contributed by atoms with E-state index in [1.165, 1.54) is 0 Å². The normalized spacial score (nSPS) is 12.7. The lowest BCUT2D eigenvalue weighted by atomic mass is 10.1. The van der Waals surface area contributed by atoms with Crippen molar-refractivity contribution in [3.8, 4) is 11.5 Å². The molecule has 0 unspecified atom stereocenters. The minimum absolute atomic E-state index is 0.445. The van der Waals surface area contributed by atoms with Crippen LogP contribution in [0.25, 0.3) is 0 Å². The number of carbonyl (C=O) groups excluding carboxylic acids is 1. The highest BCUT2D eigenvalue weighted by Gasteiger charge is 2.77. The van der Waals surface area contributed by atoms with Gasteiger partial charge in [-0.3, -0.25) is 0 Å². The van der Waals surface area contributed by atoms with Crippen molar-refractivity contribution >= 4 is 11.9 Å². The molecule has 1 rings (SSSR count). The molecule has 0 heterocycles. The summed E-state index contributed by atoms with van der Waals surface area (Å²) in [5.41, 5.74) is -0.621. The van der Waals surface area contributed by atoms with Crippen molar-refractivity contribution in [2.24, 2.45) is 0 Å². The van der Waals surface area contributed by atoms with Crippen LogP contribution in [0, 0.1) is 0 Å². The molecule has 0 aliphatic rings. The average molecular weight is 364 g/mol. The molecule has 0 aliphatic heterocycles. The maximum absolute atomic E-state index is 13.2. The Morgan fingerprint density at radius 3 is 1.96 bits per heavy atom. The number of halogens is 7. The van der Waals surface area contributed by atoms with Crippen LogP contribution in [0.1, 0.15) is 10.4 Å². The third kappa shape index (κ3) is 3.36. The fourth-order valence-electron chi connectivity index (χ4n) is 1.36. The molecule has 0 atom stereocenters. The molecular weight excluding hydrogens is 357 g/mol. The summed E-state index contributed by atoms with van der Waals surface area (Å²) in [7, 11) is 0.926. The van der Waals surface area contributed by atoms with Gasteiger partial charge in [0.05, 0.1) is 12.7 Å². The highest BCUT2D eigenvalue weighted by Crippen LogP contribution is 2.47. The monoisotopic (exact) mass is 364 g/mol. The lowest BCUT2D eigenvalue weighted by molar-refractivity contribution is -0.346. The quantitative estimate of drug-likeness (QED) is 0.494. The van der Waals surface area contributed by atoms with Crippen molar-refractivity contribution in [3.63, 3.8) is 0 Å². The second kappa shape index (κ2) is 6.17. The van der Waals surface area contributed by atoms with Crippen molar-refractivity contribution in [1.82, 2.24) is 0 Å². The number of benzene rings is 1. The first-order valence-electron chi connectivity index (χ1n) is 5.71. The molecule has 0 amide bonds. The second-order valence-electron chi connectivity index (χ2n) is 4.21. The average Bonchev–Trinajstić information content (AvgIpc) is 2.45. The lowest BCUT2D eigenvalue weighted by Crippen LogP contribution is -2.57. The first-order valence-corrected chi connectivity index (χ1v) is 5.71. The van der Waals surface area contributed by atoms with Gasteiger partial charge in [0.1, 0.15) is 0 Å². The smallest absolute Gasteiger partial charge is 0.460 e. The van der Waals surface area contributed by atoms with Crippen molar-refractivity contribution in [3.05, 3.63) is 23.8 Å². The largest absolute Gasteiger partial charge is 0.493 e. The second-order valence-corrected chi connectivity index (χ2v) is 4.21. The molecule has 12 heteroatoms. The van der Waals surface area contributed by atoms with E-state index in [0.717, 1.165) is 19.2 Å². The third-order valence-electron chi connectivity index (χ3n) is 2.62. The van der Waals surface area contributed by atoms with E-state index in [-0.39, 0.29) is 0 Å². The van der Waals surface area contributed by atoms with Gasteiger partial charge in [-0.1, -0.05) is 0 Å². The van der Waals surface area contributed by atoms with Crippen LogP contribution in [-0.4, -0.2) is 42.2 Å². The fraction of sp³-hybridized carbons (Fsp3) is 0.333. The fourth-order valence-corrected chi connectivity index (χ4v) is 1.36. The van der Waals surface area contributed by atoms with Crippen LogP contribution in [-0.2, 0) is 4.79 Å². The van der Waals surface area contributed by atoms with Crippen LogP contribution in [0.15, 0.2) is 18.2 Å². The van der Waals surface area contributed by atoms with Crippen molar-refractivity contribution < 1.29 is 54.9 Å². The van der Waals surface area contributed by atoms with Gasteiger partial charge in [0.25, 0.3) is 0 Å². The first kappa shape index (κ1) is 19.5. The van der Waals surface area contributed by atoms with E-state index >= 15 is 0 Å². The summed E-state index contributed by atoms with van der Waals surface area (Å²) in [6.07, 6.45) is -6.72. The van der Waals surface area contributed by atoms with Crippen LogP contribution < -0.4 is 9.47 Å². The Morgan fingerprint density at radius 2 is 1.54 bits per heavy atom. The zero-order valence-electron chi connectivity index (χ0n) is 11.5. The van der Waals surface area contributed by atoms with E-state index in [0.29, 0.717) is 6.07 Å². The van der Waals surface area contributed by atoms with Crippen LogP contribution in [0.5, 0.6) is 11.5 Å². The zero-order chi connectivity index (χ0) is 18.9. The van der Waals surface area contributed by atoms with Gasteiger partial charge in [-0.15, -0.1) is 0 Å². The summed E-state index contributed by atoms with van der Waals surface area (Å²) in [4.78, 5) is 21.8. The summed E-state index contributed by atoms with van der Waals surface area (Å²) in [5.74, 6) is -19.4. The van der Waals surface area contributed by atoms with Crippen molar-refractivity contribution in [1.29, 1.82) is 0 Å². The molecule has 0 saturated carbocycles. The van der Waals surface area contributed by atoms with Crippen molar-refractivity contribution in [2.75, 3.05) is 7.11 Å². The summed E-state index contributed by atoms with van der Waals surface area (Å²) >= 11 is 0. The van der Waals surface area contributed by atoms with E-state index in [1.807, 2.05) is 0 Å². The Morgan fingerprint density at radius 1 is 1.00 bits per heavy atom. The van der Waals surface area contributed by atoms with Crippen LogP contribution >= 0.6 is 0 Å².